The van der Waals surface area contributed by atoms with Crippen LogP contribution < -0.4 is 0 Å². The fourth-order valence-corrected chi connectivity index (χ4v) is 1.60. The Morgan fingerprint density at radius 2 is 2.43 bits per heavy atom. The van der Waals surface area contributed by atoms with Gasteiger partial charge >= 0.3 is 0 Å². The summed E-state index contributed by atoms with van der Waals surface area (Å²) in [6.07, 6.45) is 4.54. The zero-order chi connectivity index (χ0) is 10.4. The van der Waals surface area contributed by atoms with Gasteiger partial charge in [0.2, 0.25) is 0 Å². The van der Waals surface area contributed by atoms with Crippen molar-refractivity contribution in [2.45, 2.75) is 26.3 Å². The van der Waals surface area contributed by atoms with Gasteiger partial charge in [-0.1, -0.05) is 0 Å². The van der Waals surface area contributed by atoms with Gasteiger partial charge in [0.05, 0.1) is 6.42 Å². The van der Waals surface area contributed by atoms with E-state index in [0.29, 0.717) is 12.8 Å². The molecule has 0 atom stereocenters. The largest absolute Gasteiger partial charge is 0.299 e. The Kier molecular flexibility index (Phi) is 4.65. The number of ketones is 1. The minimum atomic E-state index is 0.238. The fraction of sp³-hybridized carbons (Fsp3) is 0.667. The number of carbonyl (C=O) groups is 1. The summed E-state index contributed by atoms with van der Waals surface area (Å²) in [5.41, 5.74) is 0. The molecular formula is C9H15N3OS. The zero-order valence-electron chi connectivity index (χ0n) is 8.56. The molecule has 5 heteroatoms. The lowest BCUT2D eigenvalue weighted by Crippen LogP contribution is -2.10. The van der Waals surface area contributed by atoms with Crippen molar-refractivity contribution in [3.8, 4) is 0 Å². The van der Waals surface area contributed by atoms with Crippen LogP contribution in [0.25, 0.3) is 0 Å². The molecular weight excluding hydrogens is 198 g/mol. The molecule has 0 bridgehead atoms. The molecule has 4 nitrogen and oxygen atoms in total. The number of carbonyl (C=O) groups excluding carboxylic acids is 1. The average Bonchev–Trinajstić information content (AvgIpc) is 2.62. The van der Waals surface area contributed by atoms with Crippen LogP contribution >= 0.6 is 11.8 Å². The molecule has 0 fully saturated rings. The molecule has 0 radical (unpaired) electrons. The summed E-state index contributed by atoms with van der Waals surface area (Å²) in [7, 11) is 0. The molecule has 0 N–H and O–H groups in total. The summed E-state index contributed by atoms with van der Waals surface area (Å²) >= 11 is 1.69. The van der Waals surface area contributed by atoms with E-state index in [0.717, 1.165) is 18.1 Å². The van der Waals surface area contributed by atoms with E-state index < -0.39 is 0 Å². The van der Waals surface area contributed by atoms with Crippen molar-refractivity contribution in [1.82, 2.24) is 14.8 Å². The molecule has 0 aliphatic rings. The number of aromatic nitrogens is 3. The van der Waals surface area contributed by atoms with Gasteiger partial charge in [0.25, 0.3) is 0 Å². The first-order valence-corrected chi connectivity index (χ1v) is 6.04. The van der Waals surface area contributed by atoms with Gasteiger partial charge in [0.1, 0.15) is 17.9 Å². The maximum absolute atomic E-state index is 11.4. The smallest absolute Gasteiger partial charge is 0.141 e. The molecule has 1 aromatic heterocycles. The van der Waals surface area contributed by atoms with Gasteiger partial charge in [0.15, 0.2) is 0 Å². The minimum Gasteiger partial charge on any atom is -0.299 e. The van der Waals surface area contributed by atoms with E-state index in [9.17, 15) is 4.79 Å². The molecule has 1 heterocycles. The van der Waals surface area contributed by atoms with Crippen LogP contribution in [-0.2, 0) is 17.8 Å². The molecule has 0 saturated heterocycles. The van der Waals surface area contributed by atoms with Crippen LogP contribution in [0.4, 0.5) is 0 Å². The summed E-state index contributed by atoms with van der Waals surface area (Å²) in [6, 6.07) is 0. The number of hydrogen-bond acceptors (Lipinski definition) is 4. The first-order valence-electron chi connectivity index (χ1n) is 4.65. The maximum Gasteiger partial charge on any atom is 0.141 e. The van der Waals surface area contributed by atoms with Crippen LogP contribution in [0.15, 0.2) is 6.33 Å². The lowest BCUT2D eigenvalue weighted by atomic mass is 10.2. The van der Waals surface area contributed by atoms with Crippen molar-refractivity contribution in [2.24, 2.45) is 0 Å². The lowest BCUT2D eigenvalue weighted by Gasteiger charge is -2.01. The van der Waals surface area contributed by atoms with E-state index in [1.54, 1.807) is 16.4 Å². The molecule has 0 aliphatic heterocycles. The standard InChI is InChI=1S/C9H15N3OS/c1-3-12-9(10-7-11-12)6-8(13)4-5-14-2/h7H,3-6H2,1-2H3. The summed E-state index contributed by atoms with van der Waals surface area (Å²) in [5, 5.41) is 4.02. The van der Waals surface area contributed by atoms with Gasteiger partial charge in [-0.2, -0.15) is 16.9 Å². The molecule has 14 heavy (non-hydrogen) atoms. The van der Waals surface area contributed by atoms with Gasteiger partial charge in [-0.05, 0) is 18.9 Å². The molecule has 0 saturated carbocycles. The first-order chi connectivity index (χ1) is 6.77. The molecule has 0 aliphatic carbocycles. The van der Waals surface area contributed by atoms with Crippen LogP contribution in [-0.4, -0.2) is 32.6 Å². The van der Waals surface area contributed by atoms with E-state index in [4.69, 9.17) is 0 Å². The first kappa shape index (κ1) is 11.2. The van der Waals surface area contributed by atoms with Crippen LogP contribution in [0.2, 0.25) is 0 Å². The van der Waals surface area contributed by atoms with Crippen molar-refractivity contribution in [1.29, 1.82) is 0 Å². The van der Waals surface area contributed by atoms with E-state index >= 15 is 0 Å². The number of thioether (sulfide) groups is 1. The van der Waals surface area contributed by atoms with Crippen molar-refractivity contribution >= 4 is 17.5 Å². The Morgan fingerprint density at radius 1 is 1.64 bits per heavy atom. The third-order valence-electron chi connectivity index (χ3n) is 1.94. The molecule has 78 valence electrons. The SMILES string of the molecule is CCn1ncnc1CC(=O)CCSC. The molecule has 1 aromatic rings. The number of nitrogens with zero attached hydrogens (tertiary/aromatic N) is 3. The van der Waals surface area contributed by atoms with E-state index in [1.165, 1.54) is 6.33 Å². The van der Waals surface area contributed by atoms with Gasteiger partial charge in [-0.15, -0.1) is 0 Å². The van der Waals surface area contributed by atoms with Crippen molar-refractivity contribution in [3.63, 3.8) is 0 Å². The van der Waals surface area contributed by atoms with Crippen LogP contribution in [0, 0.1) is 0 Å². The molecule has 0 amide bonds. The number of hydrogen-bond donors (Lipinski definition) is 0. The third kappa shape index (κ3) is 3.14. The maximum atomic E-state index is 11.4. The normalized spacial score (nSPS) is 10.4. The highest BCUT2D eigenvalue weighted by molar-refractivity contribution is 7.98. The Bertz CT molecular complexity index is 298. The zero-order valence-corrected chi connectivity index (χ0v) is 9.38. The quantitative estimate of drug-likeness (QED) is 0.711. The minimum absolute atomic E-state index is 0.238. The van der Waals surface area contributed by atoms with Crippen LogP contribution in [0.5, 0.6) is 0 Å². The molecule has 1 rings (SSSR count). The average molecular weight is 213 g/mol. The monoisotopic (exact) mass is 213 g/mol. The third-order valence-corrected chi connectivity index (χ3v) is 2.55. The van der Waals surface area contributed by atoms with Crippen LogP contribution in [0.1, 0.15) is 19.2 Å². The summed E-state index contributed by atoms with van der Waals surface area (Å²) in [5.74, 6) is 1.90. The summed E-state index contributed by atoms with van der Waals surface area (Å²) < 4.78 is 1.76. The Morgan fingerprint density at radius 3 is 3.07 bits per heavy atom. The lowest BCUT2D eigenvalue weighted by molar-refractivity contribution is -0.118. The second-order valence-corrected chi connectivity index (χ2v) is 3.94. The number of aryl methyl sites for hydroxylation is 1. The molecule has 0 unspecified atom stereocenters. The second-order valence-electron chi connectivity index (χ2n) is 2.95. The van der Waals surface area contributed by atoms with E-state index in [1.807, 2.05) is 13.2 Å². The predicted octanol–water partition coefficient (Wildman–Crippen LogP) is 1.16. The highest BCUT2D eigenvalue weighted by Gasteiger charge is 2.08. The van der Waals surface area contributed by atoms with E-state index in [-0.39, 0.29) is 5.78 Å². The van der Waals surface area contributed by atoms with Crippen molar-refractivity contribution in [3.05, 3.63) is 12.2 Å². The highest BCUT2D eigenvalue weighted by atomic mass is 32.2. The molecule has 0 spiro atoms. The Balaban J connectivity index is 2.47. The highest BCUT2D eigenvalue weighted by Crippen LogP contribution is 2.02. The van der Waals surface area contributed by atoms with Gasteiger partial charge in [-0.25, -0.2) is 9.67 Å². The predicted molar refractivity (Wildman–Crippen MR) is 57.4 cm³/mol. The number of rotatable bonds is 6. The van der Waals surface area contributed by atoms with Crippen LogP contribution in [0.3, 0.4) is 0 Å². The molecule has 0 aromatic carbocycles. The summed E-state index contributed by atoms with van der Waals surface area (Å²) in [6.45, 7) is 2.76. The van der Waals surface area contributed by atoms with Gasteiger partial charge < -0.3 is 0 Å². The van der Waals surface area contributed by atoms with Crippen molar-refractivity contribution < 1.29 is 4.79 Å². The second kappa shape index (κ2) is 5.80. The van der Waals surface area contributed by atoms with Gasteiger partial charge in [-0.3, -0.25) is 4.79 Å². The van der Waals surface area contributed by atoms with E-state index in [2.05, 4.69) is 10.1 Å². The Hall–Kier alpha value is -0.840. The van der Waals surface area contributed by atoms with Crippen molar-refractivity contribution in [2.75, 3.05) is 12.0 Å². The fourth-order valence-electron chi connectivity index (χ4n) is 1.17. The topological polar surface area (TPSA) is 47.8 Å². The Labute approximate surface area is 88.1 Å². The number of Topliss-reactive ketones (excluding diaryl/α,β-unsaturated/α-hetero) is 1. The van der Waals surface area contributed by atoms with Gasteiger partial charge in [0, 0.05) is 13.0 Å². The summed E-state index contributed by atoms with van der Waals surface area (Å²) in [4.78, 5) is 15.5.